The van der Waals surface area contributed by atoms with Crippen LogP contribution in [0.15, 0.2) is 0 Å². The maximum absolute atomic E-state index is 11.4. The quantitative estimate of drug-likeness (QED) is 0.594. The van der Waals surface area contributed by atoms with Crippen LogP contribution in [-0.4, -0.2) is 36.2 Å². The molecule has 1 saturated carbocycles. The van der Waals surface area contributed by atoms with Gasteiger partial charge in [-0.2, -0.15) is 0 Å². The SMILES string of the molecule is CNC(=O)C1CC2OC2CC1C(=O)O. The lowest BCUT2D eigenvalue weighted by atomic mass is 9.79. The Balaban J connectivity index is 2.10. The molecule has 2 rings (SSSR count). The van der Waals surface area contributed by atoms with Crippen LogP contribution in [0.4, 0.5) is 0 Å². The summed E-state index contributed by atoms with van der Waals surface area (Å²) in [5, 5.41) is 11.5. The molecular weight excluding hydrogens is 186 g/mol. The highest BCUT2D eigenvalue weighted by molar-refractivity contribution is 5.85. The van der Waals surface area contributed by atoms with Gasteiger partial charge in [0.1, 0.15) is 0 Å². The molecule has 0 aromatic rings. The zero-order valence-corrected chi connectivity index (χ0v) is 7.90. The van der Waals surface area contributed by atoms with Crippen molar-refractivity contribution in [3.63, 3.8) is 0 Å². The minimum atomic E-state index is -0.896. The van der Waals surface area contributed by atoms with E-state index in [1.54, 1.807) is 0 Å². The van der Waals surface area contributed by atoms with Gasteiger partial charge in [-0.05, 0) is 12.8 Å². The number of carboxylic acids is 1. The fraction of sp³-hybridized carbons (Fsp3) is 0.778. The molecule has 1 saturated heterocycles. The van der Waals surface area contributed by atoms with Gasteiger partial charge in [-0.25, -0.2) is 0 Å². The third kappa shape index (κ3) is 1.48. The van der Waals surface area contributed by atoms with E-state index in [4.69, 9.17) is 9.84 Å². The molecule has 0 bridgehead atoms. The molecule has 14 heavy (non-hydrogen) atoms. The molecule has 0 radical (unpaired) electrons. The first-order valence-electron chi connectivity index (χ1n) is 4.73. The van der Waals surface area contributed by atoms with Gasteiger partial charge in [0.2, 0.25) is 5.91 Å². The molecule has 0 aromatic heterocycles. The third-order valence-electron chi connectivity index (χ3n) is 3.05. The standard InChI is InChI=1S/C9H13NO4/c1-10-8(11)4-2-6-7(14-6)3-5(4)9(12)13/h4-7H,2-3H2,1H3,(H,10,11)(H,12,13). The lowest BCUT2D eigenvalue weighted by molar-refractivity contribution is -0.148. The van der Waals surface area contributed by atoms with E-state index in [0.717, 1.165) is 0 Å². The Morgan fingerprint density at radius 1 is 1.29 bits per heavy atom. The summed E-state index contributed by atoms with van der Waals surface area (Å²) in [5.41, 5.74) is 0. The lowest BCUT2D eigenvalue weighted by Gasteiger charge is -2.24. The number of carbonyl (C=O) groups excluding carboxylic acids is 1. The molecule has 0 aromatic carbocycles. The summed E-state index contributed by atoms with van der Waals surface area (Å²) >= 11 is 0. The number of fused-ring (bicyclic) bond motifs is 1. The number of hydrogen-bond donors (Lipinski definition) is 2. The Bertz CT molecular complexity index is 278. The van der Waals surface area contributed by atoms with Gasteiger partial charge in [0.25, 0.3) is 0 Å². The molecule has 5 nitrogen and oxygen atoms in total. The van der Waals surface area contributed by atoms with E-state index in [1.165, 1.54) is 7.05 Å². The summed E-state index contributed by atoms with van der Waals surface area (Å²) in [6, 6.07) is 0. The Labute approximate surface area is 81.4 Å². The van der Waals surface area contributed by atoms with E-state index in [0.29, 0.717) is 12.8 Å². The molecular formula is C9H13NO4. The maximum atomic E-state index is 11.4. The van der Waals surface area contributed by atoms with Gasteiger partial charge >= 0.3 is 5.97 Å². The predicted octanol–water partition coefficient (Wildman–Crippen LogP) is -0.389. The summed E-state index contributed by atoms with van der Waals surface area (Å²) in [6.45, 7) is 0. The molecule has 2 N–H and O–H groups in total. The van der Waals surface area contributed by atoms with Crippen molar-refractivity contribution in [2.24, 2.45) is 11.8 Å². The average Bonchev–Trinajstić information content (AvgIpc) is 2.92. The molecule has 1 aliphatic carbocycles. The number of epoxide rings is 1. The Morgan fingerprint density at radius 2 is 1.86 bits per heavy atom. The smallest absolute Gasteiger partial charge is 0.307 e. The summed E-state index contributed by atoms with van der Waals surface area (Å²) < 4.78 is 5.24. The molecule has 1 amide bonds. The summed E-state index contributed by atoms with van der Waals surface area (Å²) in [6.07, 6.45) is 1.21. The van der Waals surface area contributed by atoms with E-state index in [1.807, 2.05) is 0 Å². The van der Waals surface area contributed by atoms with Gasteiger partial charge in [-0.3, -0.25) is 9.59 Å². The van der Waals surface area contributed by atoms with Crippen molar-refractivity contribution in [3.05, 3.63) is 0 Å². The minimum absolute atomic E-state index is 0.0806. The zero-order chi connectivity index (χ0) is 10.3. The van der Waals surface area contributed by atoms with Crippen molar-refractivity contribution in [3.8, 4) is 0 Å². The van der Waals surface area contributed by atoms with Gasteiger partial charge in [0.05, 0.1) is 24.0 Å². The lowest BCUT2D eigenvalue weighted by Crippen LogP contribution is -2.40. The normalized spacial score (nSPS) is 39.8. The third-order valence-corrected chi connectivity index (χ3v) is 3.05. The van der Waals surface area contributed by atoms with Crippen LogP contribution < -0.4 is 5.32 Å². The molecule has 2 fully saturated rings. The highest BCUT2D eigenvalue weighted by Gasteiger charge is 2.52. The van der Waals surface area contributed by atoms with Crippen molar-refractivity contribution in [1.82, 2.24) is 5.32 Å². The van der Waals surface area contributed by atoms with Crippen molar-refractivity contribution >= 4 is 11.9 Å². The first-order valence-corrected chi connectivity index (χ1v) is 4.73. The molecule has 2 aliphatic rings. The number of carbonyl (C=O) groups is 2. The summed E-state index contributed by atoms with van der Waals surface area (Å²) in [5.74, 6) is -2.10. The second kappa shape index (κ2) is 3.24. The van der Waals surface area contributed by atoms with E-state index in [-0.39, 0.29) is 18.1 Å². The molecule has 1 heterocycles. The van der Waals surface area contributed by atoms with Gasteiger partial charge < -0.3 is 15.2 Å². The van der Waals surface area contributed by atoms with Crippen LogP contribution in [-0.2, 0) is 14.3 Å². The van der Waals surface area contributed by atoms with Crippen molar-refractivity contribution in [2.45, 2.75) is 25.0 Å². The molecule has 5 heteroatoms. The van der Waals surface area contributed by atoms with Crippen LogP contribution in [0.5, 0.6) is 0 Å². The first-order chi connectivity index (χ1) is 6.63. The Hall–Kier alpha value is -1.10. The van der Waals surface area contributed by atoms with E-state index < -0.39 is 17.8 Å². The van der Waals surface area contributed by atoms with E-state index in [2.05, 4.69) is 5.32 Å². The van der Waals surface area contributed by atoms with Crippen LogP contribution >= 0.6 is 0 Å². The van der Waals surface area contributed by atoms with Crippen molar-refractivity contribution in [2.75, 3.05) is 7.05 Å². The fourth-order valence-corrected chi connectivity index (χ4v) is 2.17. The monoisotopic (exact) mass is 199 g/mol. The van der Waals surface area contributed by atoms with Crippen LogP contribution in [0.2, 0.25) is 0 Å². The summed E-state index contributed by atoms with van der Waals surface area (Å²) in [4.78, 5) is 22.3. The van der Waals surface area contributed by atoms with E-state index in [9.17, 15) is 9.59 Å². The number of amides is 1. The highest BCUT2D eigenvalue weighted by Crippen LogP contribution is 2.42. The topological polar surface area (TPSA) is 78.9 Å². The number of carboxylic acid groups (broad SMARTS) is 1. The Kier molecular flexibility index (Phi) is 2.19. The number of aliphatic carboxylic acids is 1. The van der Waals surface area contributed by atoms with E-state index >= 15 is 0 Å². The second-order valence-electron chi connectivity index (χ2n) is 3.85. The fourth-order valence-electron chi connectivity index (χ4n) is 2.17. The Morgan fingerprint density at radius 3 is 2.36 bits per heavy atom. The van der Waals surface area contributed by atoms with Crippen LogP contribution in [0.3, 0.4) is 0 Å². The zero-order valence-electron chi connectivity index (χ0n) is 7.90. The average molecular weight is 199 g/mol. The second-order valence-corrected chi connectivity index (χ2v) is 3.85. The van der Waals surface area contributed by atoms with Crippen molar-refractivity contribution < 1.29 is 19.4 Å². The highest BCUT2D eigenvalue weighted by atomic mass is 16.6. The molecule has 1 aliphatic heterocycles. The van der Waals surface area contributed by atoms with Crippen LogP contribution in [0.25, 0.3) is 0 Å². The number of ether oxygens (including phenoxy) is 1. The maximum Gasteiger partial charge on any atom is 0.307 e. The van der Waals surface area contributed by atoms with Gasteiger partial charge in [-0.1, -0.05) is 0 Å². The van der Waals surface area contributed by atoms with Gasteiger partial charge in [-0.15, -0.1) is 0 Å². The largest absolute Gasteiger partial charge is 0.481 e. The molecule has 0 spiro atoms. The van der Waals surface area contributed by atoms with Crippen LogP contribution in [0.1, 0.15) is 12.8 Å². The molecule has 4 atom stereocenters. The molecule has 78 valence electrons. The van der Waals surface area contributed by atoms with Gasteiger partial charge in [0.15, 0.2) is 0 Å². The summed E-state index contributed by atoms with van der Waals surface area (Å²) in [7, 11) is 1.53. The number of nitrogens with one attached hydrogen (secondary N) is 1. The molecule has 4 unspecified atom stereocenters. The van der Waals surface area contributed by atoms with Crippen molar-refractivity contribution in [1.29, 1.82) is 0 Å². The van der Waals surface area contributed by atoms with Crippen LogP contribution in [0, 0.1) is 11.8 Å². The minimum Gasteiger partial charge on any atom is -0.481 e. The predicted molar refractivity (Wildman–Crippen MR) is 46.6 cm³/mol. The first kappa shape index (κ1) is 9.45. The van der Waals surface area contributed by atoms with Gasteiger partial charge in [0, 0.05) is 7.05 Å². The number of rotatable bonds is 2. The number of hydrogen-bond acceptors (Lipinski definition) is 3.